The summed E-state index contributed by atoms with van der Waals surface area (Å²) >= 11 is 0. The molecule has 0 heterocycles. The number of hydrogen-bond donors (Lipinski definition) is 0. The molecule has 0 atom stereocenters. The fourth-order valence-electron chi connectivity index (χ4n) is 5.63. The molecule has 0 saturated heterocycles. The van der Waals surface area contributed by atoms with Gasteiger partial charge in [-0.05, 0) is 51.3 Å². The molecule has 2 aromatic carbocycles. The third kappa shape index (κ3) is 11.0. The number of benzene rings is 2. The van der Waals surface area contributed by atoms with Crippen LogP contribution in [0.1, 0.15) is 176 Å². The molecule has 0 aliphatic heterocycles. The zero-order valence-corrected chi connectivity index (χ0v) is 30.5. The number of rotatable bonds is 12. The Morgan fingerprint density at radius 1 is 0.488 bits per heavy atom. The van der Waals surface area contributed by atoms with E-state index >= 15 is 0 Å². The minimum absolute atomic E-state index is 0.0933. The van der Waals surface area contributed by atoms with E-state index in [0.29, 0.717) is 0 Å². The van der Waals surface area contributed by atoms with Gasteiger partial charge in [0, 0.05) is 17.5 Å². The quantitative estimate of drug-likeness (QED) is 0.174. The third-order valence-electron chi connectivity index (χ3n) is 8.48. The maximum absolute atomic E-state index is 2.74. The molecule has 230 valence electrons. The van der Waals surface area contributed by atoms with E-state index in [1.807, 2.05) is 0 Å². The van der Waals surface area contributed by atoms with Crippen molar-refractivity contribution in [2.45, 2.75) is 176 Å². The van der Waals surface area contributed by atoms with Crippen LogP contribution in [0.25, 0.3) is 0 Å². The lowest BCUT2D eigenvalue weighted by Gasteiger charge is -2.27. The van der Waals surface area contributed by atoms with Crippen LogP contribution in [0.5, 0.6) is 0 Å². The van der Waals surface area contributed by atoms with E-state index in [4.69, 9.17) is 0 Å². The Hall–Kier alpha value is -1.39. The molecule has 1 heteroatoms. The lowest BCUT2D eigenvalue weighted by Crippen LogP contribution is -2.29. The van der Waals surface area contributed by atoms with Crippen LogP contribution >= 0.6 is 7.55 Å². The average Bonchev–Trinajstić information content (AvgIpc) is 2.84. The first-order chi connectivity index (χ1) is 18.9. The molecule has 0 nitrogen and oxygen atoms in total. The summed E-state index contributed by atoms with van der Waals surface area (Å²) in [5.41, 5.74) is 6.42. The van der Waals surface area contributed by atoms with Gasteiger partial charge in [0.25, 0.3) is 0 Å². The van der Waals surface area contributed by atoms with Crippen LogP contribution < -0.4 is 10.6 Å². The van der Waals surface area contributed by atoms with E-state index in [9.17, 15) is 0 Å². The molecule has 0 bridgehead atoms. The van der Waals surface area contributed by atoms with Crippen molar-refractivity contribution in [1.82, 2.24) is 0 Å². The predicted molar refractivity (Wildman–Crippen MR) is 192 cm³/mol. The zero-order valence-electron chi connectivity index (χ0n) is 29.6. The van der Waals surface area contributed by atoms with Crippen molar-refractivity contribution >= 4 is 24.0 Å². The van der Waals surface area contributed by atoms with Gasteiger partial charge in [-0.15, -0.1) is 0 Å². The number of unbranched alkanes of at least 4 members (excludes halogenated alkanes) is 9. The fraction of sp³-hybridized carbons (Fsp3) is 0.675. The first-order valence-electron chi connectivity index (χ1n) is 16.8. The van der Waals surface area contributed by atoms with Crippen LogP contribution in [0.4, 0.5) is 0 Å². The van der Waals surface area contributed by atoms with Crippen molar-refractivity contribution in [2.24, 2.45) is 0 Å². The monoisotopic (exact) mass is 577 g/mol. The molecular formula is C40H66P+. The van der Waals surface area contributed by atoms with E-state index in [2.05, 4.69) is 132 Å². The van der Waals surface area contributed by atoms with E-state index in [1.54, 1.807) is 10.6 Å². The smallest absolute Gasteiger partial charge is 0.0654 e. The maximum Gasteiger partial charge on any atom is 0.166 e. The molecule has 0 amide bonds. The summed E-state index contributed by atoms with van der Waals surface area (Å²) in [5, 5.41) is 3.12. The Morgan fingerprint density at radius 3 is 1.20 bits per heavy atom. The summed E-state index contributed by atoms with van der Waals surface area (Å²) in [6.07, 6.45) is 13.7. The standard InChI is InChI=1S/C40H66P/c1-14-15-16-17-18-19-20-21-22-23-28-41(35-26-24-31(37(2,3)4)29-33(35)39(8,9)10)36-27-25-32(38(5,6)7)30-34(36)40(11,12)13/h24-30H,14-23H2,1-13H3/q+1. The van der Waals surface area contributed by atoms with Crippen LogP contribution in [0.3, 0.4) is 0 Å². The van der Waals surface area contributed by atoms with E-state index in [0.717, 1.165) is 0 Å². The second kappa shape index (κ2) is 14.9. The van der Waals surface area contributed by atoms with Gasteiger partial charge in [-0.25, -0.2) is 0 Å². The van der Waals surface area contributed by atoms with Crippen molar-refractivity contribution in [3.63, 3.8) is 0 Å². The molecule has 0 aromatic heterocycles. The SMILES string of the molecule is CCCCCCCCCCCC=[P+](c1ccc(C(C)(C)C)cc1C(C)(C)C)c1ccc(C(C)(C)C)cc1C(C)(C)C. The lowest BCUT2D eigenvalue weighted by molar-refractivity contribution is 0.569. The van der Waals surface area contributed by atoms with Crippen LogP contribution in [0.15, 0.2) is 36.4 Å². The molecule has 0 spiro atoms. The Balaban J connectivity index is 2.56. The molecule has 0 saturated carbocycles. The van der Waals surface area contributed by atoms with Gasteiger partial charge < -0.3 is 0 Å². The molecule has 0 radical (unpaired) electrons. The second-order valence-corrected chi connectivity index (χ2v) is 18.7. The van der Waals surface area contributed by atoms with Crippen LogP contribution in [-0.2, 0) is 21.7 Å². The van der Waals surface area contributed by atoms with Gasteiger partial charge in [0.05, 0.1) is 5.80 Å². The molecule has 0 fully saturated rings. The van der Waals surface area contributed by atoms with Gasteiger partial charge in [0.15, 0.2) is 18.2 Å². The van der Waals surface area contributed by atoms with Crippen molar-refractivity contribution in [3.05, 3.63) is 58.7 Å². The summed E-state index contributed by atoms with van der Waals surface area (Å²) in [5.74, 6) is 2.74. The Labute approximate surface area is 257 Å². The van der Waals surface area contributed by atoms with Crippen molar-refractivity contribution < 1.29 is 0 Å². The normalized spacial score (nSPS) is 13.0. The van der Waals surface area contributed by atoms with Crippen molar-refractivity contribution in [1.29, 1.82) is 0 Å². The largest absolute Gasteiger partial charge is 0.166 e. The minimum atomic E-state index is -0.577. The summed E-state index contributed by atoms with van der Waals surface area (Å²) in [6, 6.07) is 14.9. The molecule has 0 aliphatic rings. The Morgan fingerprint density at radius 2 is 0.854 bits per heavy atom. The van der Waals surface area contributed by atoms with Crippen LogP contribution in [0, 0.1) is 0 Å². The van der Waals surface area contributed by atoms with Gasteiger partial charge >= 0.3 is 0 Å². The van der Waals surface area contributed by atoms with E-state index < -0.39 is 7.55 Å². The highest BCUT2D eigenvalue weighted by Gasteiger charge is 2.34. The molecule has 41 heavy (non-hydrogen) atoms. The lowest BCUT2D eigenvalue weighted by atomic mass is 9.80. The highest BCUT2D eigenvalue weighted by molar-refractivity contribution is 7.72. The van der Waals surface area contributed by atoms with Crippen LogP contribution in [0.2, 0.25) is 0 Å². The van der Waals surface area contributed by atoms with Gasteiger partial charge in [-0.1, -0.05) is 166 Å². The van der Waals surface area contributed by atoms with Gasteiger partial charge in [0.2, 0.25) is 0 Å². The summed E-state index contributed by atoms with van der Waals surface area (Å²) < 4.78 is 0. The zero-order chi connectivity index (χ0) is 31.1. The van der Waals surface area contributed by atoms with Crippen LogP contribution in [-0.4, -0.2) is 5.80 Å². The molecule has 0 unspecified atom stereocenters. The Kier molecular flexibility index (Phi) is 13.0. The maximum atomic E-state index is 2.74. The minimum Gasteiger partial charge on any atom is -0.0654 e. The van der Waals surface area contributed by atoms with Crippen molar-refractivity contribution in [3.8, 4) is 0 Å². The fourth-order valence-corrected chi connectivity index (χ4v) is 8.51. The average molecular weight is 578 g/mol. The van der Waals surface area contributed by atoms with Gasteiger partial charge in [0.1, 0.15) is 0 Å². The first-order valence-corrected chi connectivity index (χ1v) is 18.2. The topological polar surface area (TPSA) is 0 Å². The van der Waals surface area contributed by atoms with Gasteiger partial charge in [-0.2, -0.15) is 0 Å². The number of hydrogen-bond acceptors (Lipinski definition) is 0. The van der Waals surface area contributed by atoms with E-state index in [1.165, 1.54) is 86.5 Å². The van der Waals surface area contributed by atoms with Crippen molar-refractivity contribution in [2.75, 3.05) is 0 Å². The molecule has 0 aliphatic carbocycles. The highest BCUT2D eigenvalue weighted by atomic mass is 31.1. The van der Waals surface area contributed by atoms with Gasteiger partial charge in [-0.3, -0.25) is 0 Å². The summed E-state index contributed by atoms with van der Waals surface area (Å²) in [7, 11) is -0.577. The molecular weight excluding hydrogens is 511 g/mol. The van der Waals surface area contributed by atoms with E-state index in [-0.39, 0.29) is 21.7 Å². The molecule has 2 rings (SSSR count). The second-order valence-electron chi connectivity index (χ2n) is 16.6. The summed E-state index contributed by atoms with van der Waals surface area (Å²) in [4.78, 5) is 0. The summed E-state index contributed by atoms with van der Waals surface area (Å²) in [6.45, 7) is 30.8. The Bertz CT molecular complexity index is 1040. The predicted octanol–water partition coefficient (Wildman–Crippen LogP) is 12.0. The molecule has 2 aromatic rings. The molecule has 0 N–H and O–H groups in total. The first kappa shape index (κ1) is 35.8. The highest BCUT2D eigenvalue weighted by Crippen LogP contribution is 2.38. The third-order valence-corrected chi connectivity index (χ3v) is 10.9.